The van der Waals surface area contributed by atoms with Gasteiger partial charge in [-0.1, -0.05) is 61.0 Å². The van der Waals surface area contributed by atoms with Crippen LogP contribution >= 0.6 is 0 Å². The van der Waals surface area contributed by atoms with Gasteiger partial charge in [0.15, 0.2) is 11.5 Å². The van der Waals surface area contributed by atoms with Crippen molar-refractivity contribution in [3.63, 3.8) is 0 Å². The first-order valence-corrected chi connectivity index (χ1v) is 11.0. The predicted molar refractivity (Wildman–Crippen MR) is 131 cm³/mol. The van der Waals surface area contributed by atoms with Crippen molar-refractivity contribution in [3.05, 3.63) is 94.6 Å². The normalized spacial score (nSPS) is 10.9. The number of hydrogen-bond donors (Lipinski definition) is 1. The summed E-state index contributed by atoms with van der Waals surface area (Å²) in [5.41, 5.74) is 4.66. The van der Waals surface area contributed by atoms with Crippen LogP contribution in [-0.4, -0.2) is 12.5 Å². The van der Waals surface area contributed by atoms with Gasteiger partial charge in [-0.05, 0) is 61.2 Å². The minimum atomic E-state index is -0.448. The highest BCUT2D eigenvalue weighted by Gasteiger charge is 2.13. The molecule has 5 nitrogen and oxygen atoms in total. The van der Waals surface area contributed by atoms with Crippen molar-refractivity contribution in [1.29, 1.82) is 5.26 Å². The maximum atomic E-state index is 12.7. The third-order valence-electron chi connectivity index (χ3n) is 5.11. The number of para-hydroxylation sites is 1. The largest absolute Gasteiger partial charge is 0.490 e. The van der Waals surface area contributed by atoms with Crippen LogP contribution in [0.1, 0.15) is 36.1 Å². The molecule has 1 amide bonds. The second kappa shape index (κ2) is 11.5. The highest BCUT2D eigenvalue weighted by molar-refractivity contribution is 6.10. The first kappa shape index (κ1) is 23.6. The number of hydrogen-bond acceptors (Lipinski definition) is 4. The Hall–Kier alpha value is -4.04. The van der Waals surface area contributed by atoms with Gasteiger partial charge in [-0.15, -0.1) is 0 Å². The molecule has 3 rings (SSSR count). The topological polar surface area (TPSA) is 71.3 Å². The fourth-order valence-electron chi connectivity index (χ4n) is 3.30. The number of benzene rings is 3. The molecule has 0 saturated heterocycles. The Balaban J connectivity index is 1.79. The summed E-state index contributed by atoms with van der Waals surface area (Å²) >= 11 is 0. The van der Waals surface area contributed by atoms with Gasteiger partial charge in [-0.25, -0.2) is 0 Å². The Morgan fingerprint density at radius 1 is 1.00 bits per heavy atom. The molecule has 0 bridgehead atoms. The number of carbonyl (C=O) groups excluding carboxylic acids is 1. The molecule has 168 valence electrons. The Labute approximate surface area is 195 Å². The van der Waals surface area contributed by atoms with Gasteiger partial charge in [0, 0.05) is 5.69 Å². The summed E-state index contributed by atoms with van der Waals surface area (Å²) in [5.74, 6) is 0.720. The molecule has 5 heteroatoms. The van der Waals surface area contributed by atoms with Crippen LogP contribution in [0, 0.1) is 18.3 Å². The highest BCUT2D eigenvalue weighted by Crippen LogP contribution is 2.30. The van der Waals surface area contributed by atoms with Gasteiger partial charge in [0.1, 0.15) is 18.2 Å². The molecule has 0 spiro atoms. The monoisotopic (exact) mass is 440 g/mol. The standard InChI is InChI=1S/C28H28N2O3/c1-4-23-8-6-7-9-25(23)30-28(31)24(18-29)16-22-14-15-26(27(17-22)32-5-2)33-19-21-12-10-20(3)11-13-21/h6-17H,4-5,19H2,1-3H3,(H,30,31)/b24-16+. The van der Waals surface area contributed by atoms with E-state index in [1.807, 2.05) is 75.4 Å². The first-order valence-electron chi connectivity index (χ1n) is 11.0. The molecule has 3 aromatic carbocycles. The minimum Gasteiger partial charge on any atom is -0.490 e. The smallest absolute Gasteiger partial charge is 0.266 e. The lowest BCUT2D eigenvalue weighted by Gasteiger charge is -2.13. The summed E-state index contributed by atoms with van der Waals surface area (Å²) in [6.45, 7) is 6.84. The summed E-state index contributed by atoms with van der Waals surface area (Å²) in [7, 11) is 0. The lowest BCUT2D eigenvalue weighted by molar-refractivity contribution is -0.112. The summed E-state index contributed by atoms with van der Waals surface area (Å²) in [6, 6.07) is 23.1. The third kappa shape index (κ3) is 6.47. The number of nitriles is 1. The van der Waals surface area contributed by atoms with Crippen LogP contribution in [0.15, 0.2) is 72.3 Å². The van der Waals surface area contributed by atoms with Gasteiger partial charge in [0.25, 0.3) is 5.91 Å². The van der Waals surface area contributed by atoms with E-state index in [1.165, 1.54) is 5.56 Å². The lowest BCUT2D eigenvalue weighted by Crippen LogP contribution is -2.14. The van der Waals surface area contributed by atoms with Crippen molar-refractivity contribution in [2.75, 3.05) is 11.9 Å². The Morgan fingerprint density at radius 3 is 2.45 bits per heavy atom. The molecule has 0 fully saturated rings. The zero-order valence-electron chi connectivity index (χ0n) is 19.2. The molecular formula is C28H28N2O3. The SMILES string of the molecule is CCOc1cc(/C=C(\C#N)C(=O)Nc2ccccc2CC)ccc1OCc1ccc(C)cc1. The van der Waals surface area contributed by atoms with Crippen LogP contribution in [-0.2, 0) is 17.8 Å². The zero-order chi connectivity index (χ0) is 23.6. The molecule has 0 heterocycles. The molecule has 0 aliphatic carbocycles. The maximum absolute atomic E-state index is 12.7. The van der Waals surface area contributed by atoms with Gasteiger partial charge >= 0.3 is 0 Å². The summed E-state index contributed by atoms with van der Waals surface area (Å²) < 4.78 is 11.7. The van der Waals surface area contributed by atoms with Crippen molar-refractivity contribution < 1.29 is 14.3 Å². The van der Waals surface area contributed by atoms with Crippen molar-refractivity contribution >= 4 is 17.7 Å². The lowest BCUT2D eigenvalue weighted by atomic mass is 10.1. The number of nitrogens with one attached hydrogen (secondary N) is 1. The fourth-order valence-corrected chi connectivity index (χ4v) is 3.30. The van der Waals surface area contributed by atoms with E-state index in [0.29, 0.717) is 36.0 Å². The van der Waals surface area contributed by atoms with Gasteiger partial charge in [-0.3, -0.25) is 4.79 Å². The van der Waals surface area contributed by atoms with Crippen LogP contribution < -0.4 is 14.8 Å². The number of aryl methyl sites for hydroxylation is 2. The van der Waals surface area contributed by atoms with Crippen LogP contribution in [0.2, 0.25) is 0 Å². The average Bonchev–Trinajstić information content (AvgIpc) is 2.83. The molecule has 3 aromatic rings. The Morgan fingerprint density at radius 2 is 1.76 bits per heavy atom. The van der Waals surface area contributed by atoms with Crippen LogP contribution in [0.25, 0.3) is 6.08 Å². The molecule has 0 saturated carbocycles. The van der Waals surface area contributed by atoms with Crippen LogP contribution in [0.4, 0.5) is 5.69 Å². The Kier molecular flexibility index (Phi) is 8.26. The van der Waals surface area contributed by atoms with Gasteiger partial charge < -0.3 is 14.8 Å². The van der Waals surface area contributed by atoms with E-state index in [4.69, 9.17) is 9.47 Å². The number of amides is 1. The van der Waals surface area contributed by atoms with Crippen LogP contribution in [0.3, 0.4) is 0 Å². The van der Waals surface area contributed by atoms with Crippen molar-refractivity contribution in [2.24, 2.45) is 0 Å². The number of ether oxygens (including phenoxy) is 2. The van der Waals surface area contributed by atoms with Gasteiger partial charge in [0.2, 0.25) is 0 Å². The van der Waals surface area contributed by atoms with E-state index in [0.717, 1.165) is 17.5 Å². The molecule has 0 aromatic heterocycles. The average molecular weight is 441 g/mol. The zero-order valence-corrected chi connectivity index (χ0v) is 19.2. The highest BCUT2D eigenvalue weighted by atomic mass is 16.5. The second-order valence-corrected chi connectivity index (χ2v) is 7.55. The van der Waals surface area contributed by atoms with E-state index < -0.39 is 5.91 Å². The van der Waals surface area contributed by atoms with E-state index in [-0.39, 0.29) is 5.57 Å². The summed E-state index contributed by atoms with van der Waals surface area (Å²) in [4.78, 5) is 12.7. The van der Waals surface area contributed by atoms with E-state index in [9.17, 15) is 10.1 Å². The Bertz CT molecular complexity index is 1170. The quantitative estimate of drug-likeness (QED) is 0.323. The molecule has 0 radical (unpaired) electrons. The maximum Gasteiger partial charge on any atom is 0.266 e. The predicted octanol–water partition coefficient (Wildman–Crippen LogP) is 6.08. The molecule has 33 heavy (non-hydrogen) atoms. The van der Waals surface area contributed by atoms with Crippen molar-refractivity contribution in [2.45, 2.75) is 33.8 Å². The fraction of sp³-hybridized carbons (Fsp3) is 0.214. The van der Waals surface area contributed by atoms with Crippen molar-refractivity contribution in [1.82, 2.24) is 0 Å². The first-order chi connectivity index (χ1) is 16.0. The molecule has 0 aliphatic rings. The molecule has 0 atom stereocenters. The number of rotatable bonds is 9. The van der Waals surface area contributed by atoms with Crippen LogP contribution in [0.5, 0.6) is 11.5 Å². The van der Waals surface area contributed by atoms with E-state index >= 15 is 0 Å². The van der Waals surface area contributed by atoms with Gasteiger partial charge in [-0.2, -0.15) is 5.26 Å². The second-order valence-electron chi connectivity index (χ2n) is 7.55. The van der Waals surface area contributed by atoms with E-state index in [1.54, 1.807) is 24.3 Å². The summed E-state index contributed by atoms with van der Waals surface area (Å²) in [5, 5.41) is 12.4. The number of nitrogens with zero attached hydrogens (tertiary/aromatic N) is 1. The van der Waals surface area contributed by atoms with Gasteiger partial charge in [0.05, 0.1) is 6.61 Å². The van der Waals surface area contributed by atoms with Crippen molar-refractivity contribution in [3.8, 4) is 17.6 Å². The molecular weight excluding hydrogens is 412 g/mol. The number of carbonyl (C=O) groups is 1. The third-order valence-corrected chi connectivity index (χ3v) is 5.11. The van der Waals surface area contributed by atoms with E-state index in [2.05, 4.69) is 5.32 Å². The minimum absolute atomic E-state index is 0.0108. The molecule has 0 aliphatic heterocycles. The molecule has 1 N–H and O–H groups in total. The number of anilines is 1. The summed E-state index contributed by atoms with van der Waals surface area (Å²) in [6.07, 6.45) is 2.33. The molecule has 0 unspecified atom stereocenters.